The summed E-state index contributed by atoms with van der Waals surface area (Å²) in [7, 11) is 0. The fourth-order valence-corrected chi connectivity index (χ4v) is 12.0. The van der Waals surface area contributed by atoms with Crippen LogP contribution < -0.4 is 0 Å². The quantitative estimate of drug-likeness (QED) is 0.0707. The van der Waals surface area contributed by atoms with Crippen LogP contribution in [0.2, 0.25) is 0 Å². The number of rotatable bonds is 20. The van der Waals surface area contributed by atoms with Crippen molar-refractivity contribution >= 4 is 17.1 Å². The Hall–Kier alpha value is -9.45. The molecule has 0 fully saturated rings. The van der Waals surface area contributed by atoms with Crippen LogP contribution in [0, 0.1) is 55.5 Å². The fourth-order valence-electron chi connectivity index (χ4n) is 12.0. The Balaban J connectivity index is 0.000000160. The molecule has 0 N–H and O–H groups in total. The number of aliphatic imine (C=N–C) groups is 3. The first-order valence-corrected chi connectivity index (χ1v) is 34.2. The molecule has 9 nitrogen and oxygen atoms in total. The summed E-state index contributed by atoms with van der Waals surface area (Å²) in [4.78, 5) is 30.8. The van der Waals surface area contributed by atoms with E-state index in [4.69, 9.17) is 0 Å². The van der Waals surface area contributed by atoms with Gasteiger partial charge in [-0.15, -0.1) is 112 Å². The largest absolute Gasteiger partial charge is 2.00 e. The van der Waals surface area contributed by atoms with Gasteiger partial charge in [-0.2, -0.15) is 170 Å². The monoisotopic (exact) mass is 2080 g/mol. The van der Waals surface area contributed by atoms with Crippen molar-refractivity contribution < 1.29 is 84.3 Å². The minimum absolute atomic E-state index is 0. The molecule has 0 aliphatic carbocycles. The van der Waals surface area contributed by atoms with Gasteiger partial charge in [0, 0.05) is 72.4 Å². The molecule has 0 atom stereocenters. The molecule has 3 aliphatic rings. The van der Waals surface area contributed by atoms with Gasteiger partial charge in [-0.05, 0) is 155 Å². The topological polar surface area (TPSA) is 106 Å². The Morgan fingerprint density at radius 2 is 0.543 bits per heavy atom. The third-order valence-electron chi connectivity index (χ3n) is 16.8. The average molecular weight is 2080 g/mol. The van der Waals surface area contributed by atoms with Gasteiger partial charge in [-0.3, -0.25) is 24.6 Å². The number of hydrogen-bond donors (Lipinski definition) is 0. The van der Waals surface area contributed by atoms with Gasteiger partial charge in [0.1, 0.15) is 0 Å². The maximum absolute atomic E-state index is 4.46. The van der Waals surface area contributed by atoms with Crippen molar-refractivity contribution in [2.75, 3.05) is 0 Å². The van der Waals surface area contributed by atoms with Gasteiger partial charge < -0.3 is 15.0 Å². The molecular weight excluding hydrogens is 2010 g/mol. The van der Waals surface area contributed by atoms with Crippen molar-refractivity contribution in [2.24, 2.45) is 15.0 Å². The Bertz CT molecular complexity index is 4700. The molecule has 13 heteroatoms. The summed E-state index contributed by atoms with van der Waals surface area (Å²) in [5, 5.41) is 4.46. The Labute approximate surface area is 675 Å². The Morgan fingerprint density at radius 1 is 0.276 bits per heavy atom. The van der Waals surface area contributed by atoms with Crippen molar-refractivity contribution in [1.29, 1.82) is 0 Å². The van der Waals surface area contributed by atoms with Crippen LogP contribution in [0.15, 0.2) is 307 Å². The first kappa shape index (κ1) is 79.7. The molecule has 0 unspecified atom stereocenters. The van der Waals surface area contributed by atoms with E-state index in [0.29, 0.717) is 0 Å². The SMILES string of the molecule is Cc1ccn(-c2[c-]c(Cc3[c-]c(Cc4ccccn4)ccc3)ccc2)n1.[Pt+2].[Pt+2].[Pt+2].[Pt+2].[c-]1c(Cc2[c-]c(C3=NC=CC3)ccc2)cccc1Cc1ccccn1.[c-]1c(Cc2[c-]c(C3=NC=CC3)ccc2)cccc1Cc1ccccn1.[c-]1c(Cc2[c-]c(C3=NC=CC3)ccc2)cccc1Cc1ccccn1. The number of pyridine rings is 4. The van der Waals surface area contributed by atoms with Crippen LogP contribution in [0.5, 0.6) is 0 Å². The van der Waals surface area contributed by atoms with Gasteiger partial charge in [0.15, 0.2) is 0 Å². The summed E-state index contributed by atoms with van der Waals surface area (Å²) in [5.41, 5.74) is 26.7. The minimum Gasteiger partial charge on any atom is -0.309 e. The second-order valence-corrected chi connectivity index (χ2v) is 24.7. The van der Waals surface area contributed by atoms with Gasteiger partial charge in [-0.1, -0.05) is 42.5 Å². The van der Waals surface area contributed by atoms with Crippen LogP contribution in [-0.2, 0) is 136 Å². The number of aryl methyl sites for hydroxylation is 1. The Kier molecular flexibility index (Phi) is 31.8. The maximum atomic E-state index is 4.46. The molecule has 105 heavy (non-hydrogen) atoms. The summed E-state index contributed by atoms with van der Waals surface area (Å²) in [6.07, 6.45) is 30.3. The van der Waals surface area contributed by atoms with E-state index in [9.17, 15) is 0 Å². The van der Waals surface area contributed by atoms with E-state index in [0.717, 1.165) is 172 Å². The summed E-state index contributed by atoms with van der Waals surface area (Å²) in [6.45, 7) is 1.99. The van der Waals surface area contributed by atoms with E-state index in [1.54, 1.807) is 0 Å². The van der Waals surface area contributed by atoms with E-state index in [-0.39, 0.29) is 84.3 Å². The Morgan fingerprint density at radius 3 is 0.800 bits per heavy atom. The molecule has 5 aromatic heterocycles. The molecule has 3 aliphatic heterocycles. The van der Waals surface area contributed by atoms with Crippen LogP contribution in [-0.4, -0.2) is 46.9 Å². The maximum Gasteiger partial charge on any atom is 2.00 e. The van der Waals surface area contributed by atoms with Gasteiger partial charge in [-0.25, -0.2) is 0 Å². The smallest absolute Gasteiger partial charge is 0.309 e. The summed E-state index contributed by atoms with van der Waals surface area (Å²) >= 11 is 0. The van der Waals surface area contributed by atoms with E-state index < -0.39 is 0 Å². The van der Waals surface area contributed by atoms with Crippen molar-refractivity contribution in [3.63, 3.8) is 0 Å². The van der Waals surface area contributed by atoms with Crippen molar-refractivity contribution in [3.05, 3.63) is 453 Å². The molecule has 0 bridgehead atoms. The molecule has 526 valence electrons. The van der Waals surface area contributed by atoms with Gasteiger partial charge in [0.05, 0.1) is 5.69 Å². The van der Waals surface area contributed by atoms with E-state index in [1.807, 2.05) is 146 Å². The van der Waals surface area contributed by atoms with E-state index >= 15 is 0 Å². The number of hydrogen-bond acceptors (Lipinski definition) is 8. The van der Waals surface area contributed by atoms with Gasteiger partial charge >= 0.3 is 84.3 Å². The fraction of sp³-hybridized carbons (Fsp3) is 0.130. The van der Waals surface area contributed by atoms with E-state index in [1.165, 1.54) is 33.4 Å². The first-order chi connectivity index (χ1) is 49.9. The number of nitrogens with zero attached hydrogens (tertiary/aromatic N) is 9. The summed E-state index contributed by atoms with van der Waals surface area (Å²) in [6, 6.07) is 104. The zero-order chi connectivity index (χ0) is 68.5. The average Bonchev–Trinajstić information content (AvgIpc) is 1.85. The molecule has 0 radical (unpaired) electrons. The minimum atomic E-state index is 0. The molecular formula is C92H73N9Pt4. The van der Waals surface area contributed by atoms with Crippen molar-refractivity contribution in [1.82, 2.24) is 29.7 Å². The summed E-state index contributed by atoms with van der Waals surface area (Å²) in [5.74, 6) is 0. The van der Waals surface area contributed by atoms with Crippen LogP contribution in [0.4, 0.5) is 0 Å². The third-order valence-corrected chi connectivity index (χ3v) is 16.8. The van der Waals surface area contributed by atoms with E-state index in [2.05, 4.69) is 246 Å². The molecule has 0 saturated heterocycles. The first-order valence-electron chi connectivity index (χ1n) is 34.2. The van der Waals surface area contributed by atoms with Gasteiger partial charge in [0.2, 0.25) is 0 Å². The molecule has 13 aromatic rings. The number of allylic oxidation sites excluding steroid dienone is 3. The number of aromatic nitrogens is 6. The van der Waals surface area contributed by atoms with Crippen LogP contribution in [0.3, 0.4) is 0 Å². The van der Waals surface area contributed by atoms with Crippen LogP contribution in [0.25, 0.3) is 5.69 Å². The zero-order valence-corrected chi connectivity index (χ0v) is 66.9. The second kappa shape index (κ2) is 41.9. The van der Waals surface area contributed by atoms with Crippen LogP contribution in [0.1, 0.15) is 131 Å². The second-order valence-electron chi connectivity index (χ2n) is 24.7. The number of benzene rings is 8. The standard InChI is InChI=1S/C23H19N3.3C23H18N2.4Pt/c1-18-11-13-26(25-18)23-10-5-8-21(17-23)15-19-6-4-7-20(14-19)16-22-9-2-3-12-24-22;3*1-2-12-24-22(10-1)17-20-7-3-6-18(15-20)14-19-8-4-9-21(16-19)23-11-5-13-25-23;;;;/h2-13H,15-16H2,1H3;3*1-10,12-13H,11,14,17H2;;;;/q4*-2;4*+2. The van der Waals surface area contributed by atoms with Crippen molar-refractivity contribution in [2.45, 2.75) is 77.6 Å². The third kappa shape index (κ3) is 24.8. The van der Waals surface area contributed by atoms with Crippen molar-refractivity contribution in [3.8, 4) is 5.69 Å². The predicted molar refractivity (Wildman–Crippen MR) is 404 cm³/mol. The van der Waals surface area contributed by atoms with Gasteiger partial charge in [0.25, 0.3) is 0 Å². The predicted octanol–water partition coefficient (Wildman–Crippen LogP) is 18.1. The molecule has 0 saturated carbocycles. The van der Waals surface area contributed by atoms with Crippen LogP contribution >= 0.6 is 0 Å². The molecule has 0 spiro atoms. The summed E-state index contributed by atoms with van der Waals surface area (Å²) < 4.78 is 1.86. The zero-order valence-electron chi connectivity index (χ0n) is 57.8. The molecule has 8 heterocycles. The molecule has 16 rings (SSSR count). The molecule has 8 aromatic carbocycles. The normalized spacial score (nSPS) is 12.0. The molecule has 0 amide bonds.